The van der Waals surface area contributed by atoms with Crippen LogP contribution in [0, 0.1) is 6.92 Å². The SMILES string of the molecule is Cc1ocnc1C(=O)N1Cc2nccn2C[C@H]1c1ccccc1. The van der Waals surface area contributed by atoms with E-state index in [0.29, 0.717) is 24.5 Å². The summed E-state index contributed by atoms with van der Waals surface area (Å²) in [5.41, 5.74) is 1.47. The molecule has 0 fully saturated rings. The van der Waals surface area contributed by atoms with Gasteiger partial charge in [0, 0.05) is 18.9 Å². The Bertz CT molecular complexity index is 837. The molecule has 1 aliphatic rings. The van der Waals surface area contributed by atoms with E-state index >= 15 is 0 Å². The molecule has 0 radical (unpaired) electrons. The predicted molar refractivity (Wildman–Crippen MR) is 82.5 cm³/mol. The van der Waals surface area contributed by atoms with Crippen molar-refractivity contribution >= 4 is 5.91 Å². The van der Waals surface area contributed by atoms with Crippen LogP contribution in [0.25, 0.3) is 0 Å². The Kier molecular flexibility index (Phi) is 3.22. The van der Waals surface area contributed by atoms with Crippen LogP contribution in [0.3, 0.4) is 0 Å². The second-order valence-corrected chi connectivity index (χ2v) is 5.61. The van der Waals surface area contributed by atoms with Gasteiger partial charge in [-0.05, 0) is 12.5 Å². The van der Waals surface area contributed by atoms with E-state index in [-0.39, 0.29) is 11.9 Å². The van der Waals surface area contributed by atoms with Crippen LogP contribution in [-0.4, -0.2) is 25.3 Å². The zero-order valence-corrected chi connectivity index (χ0v) is 12.7. The lowest BCUT2D eigenvalue weighted by molar-refractivity contribution is 0.0577. The van der Waals surface area contributed by atoms with Gasteiger partial charge in [0.1, 0.15) is 11.6 Å². The third kappa shape index (κ3) is 2.32. The molecule has 3 aromatic rings. The number of imidazole rings is 1. The van der Waals surface area contributed by atoms with Crippen LogP contribution < -0.4 is 0 Å². The molecule has 1 aliphatic heterocycles. The Balaban J connectivity index is 1.75. The van der Waals surface area contributed by atoms with E-state index in [4.69, 9.17) is 4.42 Å². The highest BCUT2D eigenvalue weighted by molar-refractivity contribution is 5.93. The van der Waals surface area contributed by atoms with E-state index in [9.17, 15) is 4.79 Å². The van der Waals surface area contributed by atoms with Gasteiger partial charge in [0.15, 0.2) is 12.1 Å². The van der Waals surface area contributed by atoms with E-state index in [1.54, 1.807) is 13.1 Å². The molecule has 0 unspecified atom stereocenters. The normalized spacial score (nSPS) is 17.1. The summed E-state index contributed by atoms with van der Waals surface area (Å²) in [5.74, 6) is 1.29. The Labute approximate surface area is 133 Å². The number of hydrogen-bond donors (Lipinski definition) is 0. The van der Waals surface area contributed by atoms with Crippen molar-refractivity contribution in [2.45, 2.75) is 26.1 Å². The summed E-state index contributed by atoms with van der Waals surface area (Å²) < 4.78 is 7.29. The molecule has 4 rings (SSSR count). The smallest absolute Gasteiger partial charge is 0.277 e. The first kappa shape index (κ1) is 13.8. The van der Waals surface area contributed by atoms with Crippen molar-refractivity contribution in [2.24, 2.45) is 0 Å². The van der Waals surface area contributed by atoms with Gasteiger partial charge in [0.05, 0.1) is 12.6 Å². The second-order valence-electron chi connectivity index (χ2n) is 5.61. The quantitative estimate of drug-likeness (QED) is 0.730. The van der Waals surface area contributed by atoms with Gasteiger partial charge in [-0.1, -0.05) is 30.3 Å². The Morgan fingerprint density at radius 2 is 2.09 bits per heavy atom. The van der Waals surface area contributed by atoms with Crippen molar-refractivity contribution in [3.05, 3.63) is 72.0 Å². The van der Waals surface area contributed by atoms with E-state index in [0.717, 1.165) is 11.4 Å². The molecule has 1 amide bonds. The minimum atomic E-state index is -0.126. The van der Waals surface area contributed by atoms with Crippen LogP contribution in [0.1, 0.15) is 33.7 Å². The number of fused-ring (bicyclic) bond motifs is 1. The van der Waals surface area contributed by atoms with Crippen LogP contribution in [0.5, 0.6) is 0 Å². The maximum Gasteiger partial charge on any atom is 0.277 e. The third-order valence-corrected chi connectivity index (χ3v) is 4.25. The molecule has 2 aromatic heterocycles. The van der Waals surface area contributed by atoms with E-state index in [1.807, 2.05) is 41.4 Å². The number of amides is 1. The molecular weight excluding hydrogens is 292 g/mol. The Morgan fingerprint density at radius 1 is 1.26 bits per heavy atom. The summed E-state index contributed by atoms with van der Waals surface area (Å²) >= 11 is 0. The lowest BCUT2D eigenvalue weighted by atomic mass is 10.0. The van der Waals surface area contributed by atoms with Crippen molar-refractivity contribution in [1.29, 1.82) is 0 Å². The number of carbonyl (C=O) groups excluding carboxylic acids is 1. The lowest BCUT2D eigenvalue weighted by Gasteiger charge is -2.36. The Morgan fingerprint density at radius 3 is 2.83 bits per heavy atom. The molecule has 0 N–H and O–H groups in total. The maximum atomic E-state index is 13.0. The minimum Gasteiger partial charge on any atom is -0.448 e. The number of hydrogen-bond acceptors (Lipinski definition) is 4. The number of benzene rings is 1. The highest BCUT2D eigenvalue weighted by Gasteiger charge is 2.33. The zero-order chi connectivity index (χ0) is 15.8. The number of oxazole rings is 1. The molecule has 6 nitrogen and oxygen atoms in total. The number of rotatable bonds is 2. The highest BCUT2D eigenvalue weighted by Crippen LogP contribution is 2.30. The number of carbonyl (C=O) groups is 1. The number of nitrogens with zero attached hydrogens (tertiary/aromatic N) is 4. The molecular formula is C17H16N4O2. The van der Waals surface area contributed by atoms with Crippen LogP contribution in [0.2, 0.25) is 0 Å². The van der Waals surface area contributed by atoms with E-state index in [1.165, 1.54) is 6.39 Å². The second kappa shape index (κ2) is 5.39. The van der Waals surface area contributed by atoms with Gasteiger partial charge < -0.3 is 13.9 Å². The molecule has 0 bridgehead atoms. The van der Waals surface area contributed by atoms with Gasteiger partial charge in [-0.25, -0.2) is 9.97 Å². The van der Waals surface area contributed by atoms with Crippen molar-refractivity contribution in [1.82, 2.24) is 19.4 Å². The van der Waals surface area contributed by atoms with Crippen LogP contribution in [-0.2, 0) is 13.1 Å². The van der Waals surface area contributed by atoms with Crippen molar-refractivity contribution in [2.75, 3.05) is 0 Å². The molecule has 0 spiro atoms. The van der Waals surface area contributed by atoms with Gasteiger partial charge in [-0.3, -0.25) is 4.79 Å². The standard InChI is InChI=1S/C17H16N4O2/c1-12-16(19-11-23-12)17(22)21-10-15-18-7-8-20(15)9-14(21)13-5-3-2-4-6-13/h2-8,11,14H,9-10H2,1H3/t14-/m0/s1. The molecule has 116 valence electrons. The fourth-order valence-corrected chi connectivity index (χ4v) is 3.03. The summed E-state index contributed by atoms with van der Waals surface area (Å²) in [4.78, 5) is 23.2. The summed E-state index contributed by atoms with van der Waals surface area (Å²) in [7, 11) is 0. The third-order valence-electron chi connectivity index (χ3n) is 4.25. The molecule has 1 aromatic carbocycles. The molecule has 0 aliphatic carbocycles. The fourth-order valence-electron chi connectivity index (χ4n) is 3.03. The van der Waals surface area contributed by atoms with Gasteiger partial charge in [0.2, 0.25) is 0 Å². The molecule has 3 heterocycles. The molecule has 0 saturated carbocycles. The summed E-state index contributed by atoms with van der Waals surface area (Å²) in [6.07, 6.45) is 5.03. The predicted octanol–water partition coefficient (Wildman–Crippen LogP) is 2.58. The summed E-state index contributed by atoms with van der Waals surface area (Å²) in [6, 6.07) is 9.99. The average Bonchev–Trinajstić information content (AvgIpc) is 3.22. The zero-order valence-electron chi connectivity index (χ0n) is 12.7. The molecule has 6 heteroatoms. The van der Waals surface area contributed by atoms with Gasteiger partial charge in [-0.15, -0.1) is 0 Å². The van der Waals surface area contributed by atoms with Crippen LogP contribution in [0.4, 0.5) is 0 Å². The van der Waals surface area contributed by atoms with E-state index in [2.05, 4.69) is 14.5 Å². The van der Waals surface area contributed by atoms with Crippen molar-refractivity contribution in [3.8, 4) is 0 Å². The molecule has 1 atom stereocenters. The van der Waals surface area contributed by atoms with Gasteiger partial charge in [0.25, 0.3) is 5.91 Å². The average molecular weight is 308 g/mol. The largest absolute Gasteiger partial charge is 0.448 e. The molecule has 0 saturated heterocycles. The monoisotopic (exact) mass is 308 g/mol. The van der Waals surface area contributed by atoms with E-state index < -0.39 is 0 Å². The number of aryl methyl sites for hydroxylation is 1. The van der Waals surface area contributed by atoms with Gasteiger partial charge in [-0.2, -0.15) is 0 Å². The summed E-state index contributed by atoms with van der Waals surface area (Å²) in [6.45, 7) is 2.89. The van der Waals surface area contributed by atoms with Gasteiger partial charge >= 0.3 is 0 Å². The van der Waals surface area contributed by atoms with Crippen molar-refractivity contribution in [3.63, 3.8) is 0 Å². The number of aromatic nitrogens is 3. The maximum absolute atomic E-state index is 13.0. The highest BCUT2D eigenvalue weighted by atomic mass is 16.3. The fraction of sp³-hybridized carbons (Fsp3) is 0.235. The summed E-state index contributed by atoms with van der Waals surface area (Å²) in [5, 5.41) is 0. The van der Waals surface area contributed by atoms with Crippen LogP contribution >= 0.6 is 0 Å². The first-order chi connectivity index (χ1) is 11.2. The van der Waals surface area contributed by atoms with Crippen LogP contribution in [0.15, 0.2) is 53.5 Å². The first-order valence-electron chi connectivity index (χ1n) is 7.50. The molecule has 23 heavy (non-hydrogen) atoms. The lowest BCUT2D eigenvalue weighted by Crippen LogP contribution is -2.41. The van der Waals surface area contributed by atoms with Crippen molar-refractivity contribution < 1.29 is 9.21 Å². The topological polar surface area (TPSA) is 64.2 Å². The minimum absolute atomic E-state index is 0.0542. The first-order valence-corrected chi connectivity index (χ1v) is 7.50. The Hall–Kier alpha value is -2.89.